The predicted octanol–water partition coefficient (Wildman–Crippen LogP) is 6.28. The van der Waals surface area contributed by atoms with Gasteiger partial charge in [0.2, 0.25) is 0 Å². The van der Waals surface area contributed by atoms with E-state index in [1.807, 2.05) is 36.7 Å². The van der Waals surface area contributed by atoms with Gasteiger partial charge in [0.15, 0.2) is 0 Å². The summed E-state index contributed by atoms with van der Waals surface area (Å²) in [4.78, 5) is 9.77. The summed E-state index contributed by atoms with van der Waals surface area (Å²) in [5, 5.41) is 18.5. The number of benzene rings is 5. The fourth-order valence-electron chi connectivity index (χ4n) is 5.12. The number of rotatable bonds is 3. The lowest BCUT2D eigenvalue weighted by molar-refractivity contribution is 1.38. The van der Waals surface area contributed by atoms with Crippen LogP contribution in [-0.2, 0) is 0 Å². The Hall–Kier alpha value is -4.85. The molecule has 0 bridgehead atoms. The average molecular weight is 486 g/mol. The van der Waals surface area contributed by atoms with Gasteiger partial charge in [-0.1, -0.05) is 84.0 Å². The van der Waals surface area contributed by atoms with Gasteiger partial charge >= 0.3 is 0 Å². The molecule has 0 atom stereocenters. The molecular weight excluding hydrogens is 466 g/mol. The highest BCUT2D eigenvalue weighted by Crippen LogP contribution is 2.37. The molecule has 0 aliphatic rings. The Bertz CT molecular complexity index is 1970. The standard InChI is InChI=1S/C33H19N3Si/c34-18-21-9-13-27(14-10-21)37-28-17-25-12-11-24-16-26(19-35-32(24)33(25)36-20-28)31-29-7-3-1-5-22(29)15-23-6-2-4-8-30(23)31/h1-17,19-20H. The summed E-state index contributed by atoms with van der Waals surface area (Å²) >= 11 is 0. The molecule has 0 unspecified atom stereocenters. The highest BCUT2D eigenvalue weighted by molar-refractivity contribution is 6.67. The molecule has 0 saturated carbocycles. The second kappa shape index (κ2) is 8.67. The first-order valence-corrected chi connectivity index (χ1v) is 13.1. The van der Waals surface area contributed by atoms with E-state index in [1.54, 1.807) is 0 Å². The molecule has 2 heterocycles. The molecular formula is C33H19N3Si. The molecule has 3 nitrogen and oxygen atoms in total. The minimum absolute atomic E-state index is 0.483. The number of aromatic nitrogens is 2. The van der Waals surface area contributed by atoms with Crippen LogP contribution in [0.3, 0.4) is 0 Å². The molecule has 0 saturated heterocycles. The molecule has 0 aliphatic heterocycles. The molecule has 37 heavy (non-hydrogen) atoms. The molecule has 0 fully saturated rings. The number of pyridine rings is 2. The smallest absolute Gasteiger partial charge is 0.123 e. The summed E-state index contributed by atoms with van der Waals surface area (Å²) < 4.78 is 0. The predicted molar refractivity (Wildman–Crippen MR) is 154 cm³/mol. The quantitative estimate of drug-likeness (QED) is 0.168. The van der Waals surface area contributed by atoms with E-state index < -0.39 is 0 Å². The van der Waals surface area contributed by atoms with Crippen LogP contribution in [-0.4, -0.2) is 19.5 Å². The normalized spacial score (nSPS) is 11.3. The maximum atomic E-state index is 9.03. The van der Waals surface area contributed by atoms with E-state index in [2.05, 4.69) is 84.9 Å². The Morgan fingerprint density at radius 1 is 0.568 bits per heavy atom. The van der Waals surface area contributed by atoms with E-state index in [0.29, 0.717) is 15.1 Å². The summed E-state index contributed by atoms with van der Waals surface area (Å²) in [5.74, 6) is 0. The van der Waals surface area contributed by atoms with Gasteiger partial charge in [0.1, 0.15) is 9.52 Å². The average Bonchev–Trinajstić information content (AvgIpc) is 2.96. The number of nitrogens with zero attached hydrogens (tertiary/aromatic N) is 3. The first kappa shape index (κ1) is 21.4. The number of fused-ring (bicyclic) bond motifs is 5. The number of nitriles is 1. The van der Waals surface area contributed by atoms with Crippen molar-refractivity contribution in [2.24, 2.45) is 0 Å². The molecule has 0 spiro atoms. The van der Waals surface area contributed by atoms with Crippen molar-refractivity contribution < 1.29 is 0 Å². The second-order valence-electron chi connectivity index (χ2n) is 9.16. The van der Waals surface area contributed by atoms with E-state index in [9.17, 15) is 0 Å². The first-order chi connectivity index (χ1) is 18.3. The third-order valence-electron chi connectivity index (χ3n) is 6.86. The molecule has 0 amide bonds. The van der Waals surface area contributed by atoms with Crippen LogP contribution < -0.4 is 10.4 Å². The number of hydrogen-bond donors (Lipinski definition) is 0. The van der Waals surface area contributed by atoms with Gasteiger partial charge in [-0.25, -0.2) is 0 Å². The lowest BCUT2D eigenvalue weighted by Crippen LogP contribution is -2.27. The first-order valence-electron chi connectivity index (χ1n) is 12.1. The van der Waals surface area contributed by atoms with E-state index in [0.717, 1.165) is 32.6 Å². The topological polar surface area (TPSA) is 49.6 Å². The SMILES string of the molecule is N#Cc1ccc([Si]c2cnc3c(ccc4cc(-c5c6ccccc6cc6ccccc56)cnc43)c2)cc1. The third-order valence-corrected chi connectivity index (χ3v) is 8.05. The molecule has 7 rings (SSSR count). The van der Waals surface area contributed by atoms with E-state index in [1.165, 1.54) is 32.3 Å². The van der Waals surface area contributed by atoms with Crippen molar-refractivity contribution in [3.63, 3.8) is 0 Å². The fourth-order valence-corrected chi connectivity index (χ4v) is 6.14. The molecule has 2 aromatic heterocycles. The third kappa shape index (κ3) is 3.74. The van der Waals surface area contributed by atoms with Crippen LogP contribution in [0.5, 0.6) is 0 Å². The molecule has 4 heteroatoms. The lowest BCUT2D eigenvalue weighted by atomic mass is 9.92. The van der Waals surface area contributed by atoms with Gasteiger partial charge in [-0.15, -0.1) is 0 Å². The van der Waals surface area contributed by atoms with Crippen LogP contribution in [0.25, 0.3) is 54.5 Å². The largest absolute Gasteiger partial charge is 0.254 e. The van der Waals surface area contributed by atoms with Crippen molar-refractivity contribution in [1.82, 2.24) is 9.97 Å². The minimum Gasteiger partial charge on any atom is -0.254 e. The van der Waals surface area contributed by atoms with Gasteiger partial charge in [-0.05, 0) is 56.6 Å². The van der Waals surface area contributed by atoms with Gasteiger partial charge < -0.3 is 0 Å². The lowest BCUT2D eigenvalue weighted by Gasteiger charge is -2.13. The van der Waals surface area contributed by atoms with E-state index in [4.69, 9.17) is 15.2 Å². The van der Waals surface area contributed by atoms with Gasteiger partial charge in [0.25, 0.3) is 0 Å². The Kier molecular flexibility index (Phi) is 5.02. The summed E-state index contributed by atoms with van der Waals surface area (Å²) in [6.45, 7) is 0. The van der Waals surface area contributed by atoms with Gasteiger partial charge in [0.05, 0.1) is 22.7 Å². The van der Waals surface area contributed by atoms with Crippen LogP contribution in [0.15, 0.2) is 116 Å². The van der Waals surface area contributed by atoms with Crippen LogP contribution in [0.2, 0.25) is 0 Å². The van der Waals surface area contributed by atoms with Gasteiger partial charge in [-0.3, -0.25) is 9.97 Å². The Morgan fingerprint density at radius 2 is 1.19 bits per heavy atom. The van der Waals surface area contributed by atoms with Gasteiger partial charge in [-0.2, -0.15) is 5.26 Å². The molecule has 5 aromatic carbocycles. The van der Waals surface area contributed by atoms with Crippen molar-refractivity contribution in [1.29, 1.82) is 5.26 Å². The van der Waals surface area contributed by atoms with Crippen molar-refractivity contribution >= 4 is 63.2 Å². The van der Waals surface area contributed by atoms with Crippen molar-refractivity contribution in [3.05, 3.63) is 121 Å². The van der Waals surface area contributed by atoms with Crippen LogP contribution in [0.1, 0.15) is 5.56 Å². The molecule has 7 aromatic rings. The molecule has 0 aliphatic carbocycles. The Morgan fingerprint density at radius 3 is 1.86 bits per heavy atom. The zero-order valence-corrected chi connectivity index (χ0v) is 20.8. The summed E-state index contributed by atoms with van der Waals surface area (Å²) in [6.07, 6.45) is 3.94. The maximum Gasteiger partial charge on any atom is 0.123 e. The zero-order chi connectivity index (χ0) is 24.8. The van der Waals surface area contributed by atoms with Crippen LogP contribution in [0.4, 0.5) is 0 Å². The Labute approximate surface area is 216 Å². The van der Waals surface area contributed by atoms with Crippen molar-refractivity contribution in [3.8, 4) is 17.2 Å². The molecule has 0 N–H and O–H groups in total. The van der Waals surface area contributed by atoms with E-state index >= 15 is 0 Å². The van der Waals surface area contributed by atoms with Gasteiger partial charge in [0, 0.05) is 28.7 Å². The molecule has 2 radical (unpaired) electrons. The Balaban J connectivity index is 1.34. The number of hydrogen-bond acceptors (Lipinski definition) is 3. The fraction of sp³-hybridized carbons (Fsp3) is 0. The van der Waals surface area contributed by atoms with Crippen molar-refractivity contribution in [2.45, 2.75) is 0 Å². The van der Waals surface area contributed by atoms with Crippen molar-refractivity contribution in [2.75, 3.05) is 0 Å². The summed E-state index contributed by atoms with van der Waals surface area (Å²) in [7, 11) is 0.483. The minimum atomic E-state index is 0.483. The monoisotopic (exact) mass is 485 g/mol. The van der Waals surface area contributed by atoms with Crippen LogP contribution in [0, 0.1) is 11.3 Å². The maximum absolute atomic E-state index is 9.03. The highest BCUT2D eigenvalue weighted by atomic mass is 28.2. The highest BCUT2D eigenvalue weighted by Gasteiger charge is 2.12. The van der Waals surface area contributed by atoms with E-state index in [-0.39, 0.29) is 0 Å². The molecule has 170 valence electrons. The summed E-state index contributed by atoms with van der Waals surface area (Å²) in [6, 6.07) is 38.0. The summed E-state index contributed by atoms with van der Waals surface area (Å²) in [5.41, 5.74) is 4.84. The second-order valence-corrected chi connectivity index (χ2v) is 10.6. The zero-order valence-electron chi connectivity index (χ0n) is 19.8. The van der Waals surface area contributed by atoms with Crippen LogP contribution >= 0.6 is 0 Å².